The third-order valence-electron chi connectivity index (χ3n) is 3.00. The molecule has 0 saturated carbocycles. The lowest BCUT2D eigenvalue weighted by molar-refractivity contribution is -0.384. The number of nitro benzene ring substituents is 1. The summed E-state index contributed by atoms with van der Waals surface area (Å²) in [7, 11) is 0. The zero-order chi connectivity index (χ0) is 14.7. The second-order valence-electron chi connectivity index (χ2n) is 4.41. The summed E-state index contributed by atoms with van der Waals surface area (Å²) in [5, 5.41) is 18.8. The first kappa shape index (κ1) is 14.3. The van der Waals surface area contributed by atoms with E-state index in [4.69, 9.17) is 11.6 Å². The molecule has 1 heterocycles. The monoisotopic (exact) mass is 294 g/mol. The fraction of sp³-hybridized carbons (Fsp3) is 0.308. The van der Waals surface area contributed by atoms with E-state index in [-0.39, 0.29) is 11.7 Å². The number of halogens is 1. The topological polar surface area (TPSA) is 73.0 Å². The van der Waals surface area contributed by atoms with Gasteiger partial charge in [0.1, 0.15) is 5.69 Å². The summed E-state index contributed by atoms with van der Waals surface area (Å²) < 4.78 is 1.81. The Morgan fingerprint density at radius 2 is 2.30 bits per heavy atom. The van der Waals surface area contributed by atoms with Crippen LogP contribution in [0.1, 0.15) is 25.5 Å². The molecule has 0 aliphatic carbocycles. The molecule has 0 aliphatic rings. The smallest absolute Gasteiger partial charge is 0.292 e. The Balaban J connectivity index is 2.24. The normalized spacial score (nSPS) is 12.2. The second-order valence-corrected chi connectivity index (χ2v) is 4.85. The molecule has 0 amide bonds. The molecular formula is C13H15ClN4O2. The number of anilines is 1. The number of benzene rings is 1. The molecule has 0 aliphatic heterocycles. The van der Waals surface area contributed by atoms with Crippen LogP contribution in [0.5, 0.6) is 0 Å². The van der Waals surface area contributed by atoms with Crippen molar-refractivity contribution in [1.82, 2.24) is 9.78 Å². The molecule has 7 heteroatoms. The van der Waals surface area contributed by atoms with Crippen molar-refractivity contribution in [2.45, 2.75) is 26.4 Å². The Kier molecular flexibility index (Phi) is 4.24. The Morgan fingerprint density at radius 3 is 2.90 bits per heavy atom. The minimum Gasteiger partial charge on any atom is -0.373 e. The molecule has 2 aromatic rings. The molecule has 1 aromatic heterocycles. The first-order valence-corrected chi connectivity index (χ1v) is 6.62. The SMILES string of the molecule is CCn1cc(C(C)Nc2cc(Cl)ccc2[N+](=O)[O-])cn1. The summed E-state index contributed by atoms with van der Waals surface area (Å²) in [4.78, 5) is 10.6. The first-order valence-electron chi connectivity index (χ1n) is 6.24. The van der Waals surface area contributed by atoms with Crippen LogP contribution in [0.15, 0.2) is 30.6 Å². The number of nitrogens with zero attached hydrogens (tertiary/aromatic N) is 3. The van der Waals surface area contributed by atoms with Crippen LogP contribution in [0.2, 0.25) is 5.02 Å². The molecule has 1 unspecified atom stereocenters. The van der Waals surface area contributed by atoms with E-state index in [9.17, 15) is 10.1 Å². The van der Waals surface area contributed by atoms with E-state index < -0.39 is 4.92 Å². The van der Waals surface area contributed by atoms with Crippen molar-refractivity contribution in [1.29, 1.82) is 0 Å². The van der Waals surface area contributed by atoms with Crippen LogP contribution in [0, 0.1) is 10.1 Å². The van der Waals surface area contributed by atoms with E-state index in [0.717, 1.165) is 12.1 Å². The van der Waals surface area contributed by atoms with Gasteiger partial charge in [-0.15, -0.1) is 0 Å². The Bertz CT molecular complexity index is 627. The highest BCUT2D eigenvalue weighted by Gasteiger charge is 2.17. The Hall–Kier alpha value is -2.08. The van der Waals surface area contributed by atoms with Gasteiger partial charge in [0, 0.05) is 29.4 Å². The quantitative estimate of drug-likeness (QED) is 0.675. The number of hydrogen-bond acceptors (Lipinski definition) is 4. The van der Waals surface area contributed by atoms with Gasteiger partial charge < -0.3 is 5.32 Å². The molecule has 0 spiro atoms. The summed E-state index contributed by atoms with van der Waals surface area (Å²) in [5.74, 6) is 0. The lowest BCUT2D eigenvalue weighted by atomic mass is 10.1. The van der Waals surface area contributed by atoms with Crippen LogP contribution < -0.4 is 5.32 Å². The molecule has 0 bridgehead atoms. The zero-order valence-corrected chi connectivity index (χ0v) is 12.0. The number of nitrogens with one attached hydrogen (secondary N) is 1. The van der Waals surface area contributed by atoms with Crippen molar-refractivity contribution in [3.63, 3.8) is 0 Å². The van der Waals surface area contributed by atoms with Gasteiger partial charge in [-0.2, -0.15) is 5.10 Å². The molecular weight excluding hydrogens is 280 g/mol. The molecule has 1 atom stereocenters. The first-order chi connectivity index (χ1) is 9.51. The van der Waals surface area contributed by atoms with Gasteiger partial charge in [0.25, 0.3) is 5.69 Å². The van der Waals surface area contributed by atoms with Gasteiger partial charge in [-0.25, -0.2) is 0 Å². The van der Waals surface area contributed by atoms with Crippen molar-refractivity contribution < 1.29 is 4.92 Å². The number of aromatic nitrogens is 2. The minimum atomic E-state index is -0.430. The molecule has 0 radical (unpaired) electrons. The van der Waals surface area contributed by atoms with E-state index in [1.165, 1.54) is 12.1 Å². The lowest BCUT2D eigenvalue weighted by Gasteiger charge is -2.14. The fourth-order valence-corrected chi connectivity index (χ4v) is 2.05. The molecule has 106 valence electrons. The average molecular weight is 295 g/mol. The van der Waals surface area contributed by atoms with Crippen LogP contribution >= 0.6 is 11.6 Å². The van der Waals surface area contributed by atoms with Crippen molar-refractivity contribution in [2.75, 3.05) is 5.32 Å². The van der Waals surface area contributed by atoms with Crippen LogP contribution in [-0.2, 0) is 6.54 Å². The number of aryl methyl sites for hydroxylation is 1. The van der Waals surface area contributed by atoms with Crippen LogP contribution in [0.3, 0.4) is 0 Å². The van der Waals surface area contributed by atoms with Gasteiger partial charge >= 0.3 is 0 Å². The molecule has 0 fully saturated rings. The van der Waals surface area contributed by atoms with Crippen molar-refractivity contribution in [3.8, 4) is 0 Å². The van der Waals surface area contributed by atoms with Crippen molar-refractivity contribution in [2.24, 2.45) is 0 Å². The minimum absolute atomic E-state index is 0.00383. The molecule has 20 heavy (non-hydrogen) atoms. The third-order valence-corrected chi connectivity index (χ3v) is 3.24. The van der Waals surface area contributed by atoms with Gasteiger partial charge in [0.2, 0.25) is 0 Å². The zero-order valence-electron chi connectivity index (χ0n) is 11.2. The highest BCUT2D eigenvalue weighted by Crippen LogP contribution is 2.30. The lowest BCUT2D eigenvalue weighted by Crippen LogP contribution is -2.07. The highest BCUT2D eigenvalue weighted by atomic mass is 35.5. The van der Waals surface area contributed by atoms with Crippen LogP contribution in [0.25, 0.3) is 0 Å². The fourth-order valence-electron chi connectivity index (χ4n) is 1.88. The van der Waals surface area contributed by atoms with E-state index in [2.05, 4.69) is 10.4 Å². The van der Waals surface area contributed by atoms with Crippen LogP contribution in [-0.4, -0.2) is 14.7 Å². The van der Waals surface area contributed by atoms with E-state index >= 15 is 0 Å². The molecule has 0 saturated heterocycles. The number of rotatable bonds is 5. The maximum Gasteiger partial charge on any atom is 0.292 e. The molecule has 2 rings (SSSR count). The van der Waals surface area contributed by atoms with Gasteiger partial charge in [0.05, 0.1) is 17.2 Å². The maximum absolute atomic E-state index is 11.0. The summed E-state index contributed by atoms with van der Waals surface area (Å²) in [6, 6.07) is 4.35. The largest absolute Gasteiger partial charge is 0.373 e. The summed E-state index contributed by atoms with van der Waals surface area (Å²) in [6.07, 6.45) is 3.66. The van der Waals surface area contributed by atoms with E-state index in [0.29, 0.717) is 10.7 Å². The Labute approximate surface area is 121 Å². The van der Waals surface area contributed by atoms with Gasteiger partial charge in [0.15, 0.2) is 0 Å². The molecule has 6 nitrogen and oxygen atoms in total. The predicted octanol–water partition coefficient (Wildman–Crippen LogP) is 3.64. The predicted molar refractivity (Wildman–Crippen MR) is 78.0 cm³/mol. The van der Waals surface area contributed by atoms with Gasteiger partial charge in [-0.05, 0) is 26.0 Å². The third kappa shape index (κ3) is 3.08. The highest BCUT2D eigenvalue weighted by molar-refractivity contribution is 6.31. The standard InChI is InChI=1S/C13H15ClN4O2/c1-3-17-8-10(7-15-17)9(2)16-12-6-11(14)4-5-13(12)18(19)20/h4-9,16H,3H2,1-2H3. The van der Waals surface area contributed by atoms with Gasteiger partial charge in [-0.3, -0.25) is 14.8 Å². The van der Waals surface area contributed by atoms with E-state index in [1.54, 1.807) is 16.9 Å². The van der Waals surface area contributed by atoms with E-state index in [1.807, 2.05) is 20.0 Å². The number of nitro groups is 1. The summed E-state index contributed by atoms with van der Waals surface area (Å²) >= 11 is 5.90. The van der Waals surface area contributed by atoms with Crippen molar-refractivity contribution >= 4 is 23.0 Å². The molecule has 1 N–H and O–H groups in total. The molecule has 1 aromatic carbocycles. The number of hydrogen-bond donors (Lipinski definition) is 1. The van der Waals surface area contributed by atoms with Crippen molar-refractivity contribution in [3.05, 3.63) is 51.3 Å². The summed E-state index contributed by atoms with van der Waals surface area (Å²) in [6.45, 7) is 4.70. The maximum atomic E-state index is 11.0. The summed E-state index contributed by atoms with van der Waals surface area (Å²) in [5.41, 5.74) is 1.37. The van der Waals surface area contributed by atoms with Gasteiger partial charge in [-0.1, -0.05) is 11.6 Å². The Morgan fingerprint density at radius 1 is 1.55 bits per heavy atom. The average Bonchev–Trinajstić information content (AvgIpc) is 2.87. The second kappa shape index (κ2) is 5.92. The van der Waals surface area contributed by atoms with Crippen LogP contribution in [0.4, 0.5) is 11.4 Å².